The normalized spacial score (nSPS) is 24.7. The van der Waals surface area contributed by atoms with Crippen molar-refractivity contribution in [3.8, 4) is 0 Å². The van der Waals surface area contributed by atoms with E-state index in [0.29, 0.717) is 11.8 Å². The summed E-state index contributed by atoms with van der Waals surface area (Å²) in [6, 6.07) is 8.09. The van der Waals surface area contributed by atoms with Gasteiger partial charge in [-0.1, -0.05) is 19.4 Å². The van der Waals surface area contributed by atoms with E-state index in [1.165, 1.54) is 5.69 Å². The van der Waals surface area contributed by atoms with Gasteiger partial charge < -0.3 is 14.5 Å². The number of hydrogen-bond acceptors (Lipinski definition) is 4. The fourth-order valence-corrected chi connectivity index (χ4v) is 4.99. The Bertz CT molecular complexity index is 1010. The average molecular weight is 349 g/mol. The summed E-state index contributed by atoms with van der Waals surface area (Å²) in [4.78, 5) is 27.1. The Labute approximate surface area is 151 Å². The molecule has 5 heterocycles. The maximum Gasteiger partial charge on any atom is 0.250 e. The maximum absolute atomic E-state index is 12.6. The van der Waals surface area contributed by atoms with Crippen LogP contribution in [0.3, 0.4) is 0 Å². The number of fused-ring (bicyclic) bond motifs is 5. The molecule has 0 amide bonds. The molecule has 2 aliphatic rings. The lowest BCUT2D eigenvalue weighted by molar-refractivity contribution is 0.201. The highest BCUT2D eigenvalue weighted by molar-refractivity contribution is 5.87. The van der Waals surface area contributed by atoms with Gasteiger partial charge in [0.2, 0.25) is 0 Å². The van der Waals surface area contributed by atoms with Gasteiger partial charge in [-0.05, 0) is 30.9 Å². The van der Waals surface area contributed by atoms with Crippen LogP contribution in [-0.4, -0.2) is 32.6 Å². The summed E-state index contributed by atoms with van der Waals surface area (Å²) in [7, 11) is 0. The fourth-order valence-electron chi connectivity index (χ4n) is 4.99. The van der Waals surface area contributed by atoms with Gasteiger partial charge in [-0.15, -0.1) is 0 Å². The molecule has 5 rings (SSSR count). The van der Waals surface area contributed by atoms with Crippen molar-refractivity contribution in [2.45, 2.75) is 38.1 Å². The van der Waals surface area contributed by atoms with Gasteiger partial charge in [0, 0.05) is 43.0 Å². The lowest BCUT2D eigenvalue weighted by Crippen LogP contribution is -2.49. The molecule has 2 bridgehead atoms. The minimum Gasteiger partial charge on any atom is -0.355 e. The summed E-state index contributed by atoms with van der Waals surface area (Å²) in [6.45, 7) is 4.05. The molecule has 2 aliphatic heterocycles. The Hall–Kier alpha value is -2.63. The van der Waals surface area contributed by atoms with E-state index in [9.17, 15) is 4.79 Å². The molecule has 134 valence electrons. The van der Waals surface area contributed by atoms with Gasteiger partial charge in [-0.3, -0.25) is 4.79 Å². The quantitative estimate of drug-likeness (QED) is 0.789. The summed E-state index contributed by atoms with van der Waals surface area (Å²) in [5.74, 6) is 1.86. The van der Waals surface area contributed by atoms with Crippen LogP contribution in [0.5, 0.6) is 0 Å². The lowest BCUT2D eigenvalue weighted by Gasteiger charge is -2.47. The van der Waals surface area contributed by atoms with Crippen molar-refractivity contribution in [3.05, 3.63) is 52.8 Å². The molecule has 0 aliphatic carbocycles. The molecular formula is C20H23N5O. The summed E-state index contributed by atoms with van der Waals surface area (Å²) in [6.07, 6.45) is 6.85. The molecule has 0 saturated carbocycles. The number of aromatic amines is 1. The van der Waals surface area contributed by atoms with E-state index in [0.717, 1.165) is 49.2 Å². The molecule has 3 aromatic heterocycles. The van der Waals surface area contributed by atoms with Crippen LogP contribution in [0.2, 0.25) is 0 Å². The molecule has 0 unspecified atom stereocenters. The van der Waals surface area contributed by atoms with Gasteiger partial charge in [0.25, 0.3) is 5.56 Å². The van der Waals surface area contributed by atoms with E-state index in [1.54, 1.807) is 12.4 Å². The molecular weight excluding hydrogens is 326 g/mol. The van der Waals surface area contributed by atoms with Crippen molar-refractivity contribution in [3.63, 3.8) is 0 Å². The van der Waals surface area contributed by atoms with Gasteiger partial charge >= 0.3 is 0 Å². The first-order chi connectivity index (χ1) is 12.8. The van der Waals surface area contributed by atoms with Crippen LogP contribution in [0.1, 0.15) is 43.8 Å². The summed E-state index contributed by atoms with van der Waals surface area (Å²) >= 11 is 0. The number of piperidine rings is 1. The summed E-state index contributed by atoms with van der Waals surface area (Å²) in [5, 5.41) is 1.07. The zero-order valence-electron chi connectivity index (χ0n) is 14.9. The van der Waals surface area contributed by atoms with E-state index in [4.69, 9.17) is 0 Å². The topological polar surface area (TPSA) is 66.8 Å². The van der Waals surface area contributed by atoms with Gasteiger partial charge in [0.1, 0.15) is 17.8 Å². The Morgan fingerprint density at radius 3 is 3.04 bits per heavy atom. The number of pyridine rings is 1. The maximum atomic E-state index is 12.6. The third kappa shape index (κ3) is 2.28. The number of anilines is 1. The van der Waals surface area contributed by atoms with Crippen LogP contribution in [-0.2, 0) is 0 Å². The SMILES string of the molecule is CCC[C@H]1[C@H]2C[C@H](CN(c3ncnc4[nH]ccc34)C2)c2cccc(=O)n21. The molecule has 0 spiro atoms. The van der Waals surface area contributed by atoms with E-state index in [2.05, 4.69) is 43.5 Å². The van der Waals surface area contributed by atoms with Crippen LogP contribution < -0.4 is 10.5 Å². The zero-order chi connectivity index (χ0) is 17.7. The largest absolute Gasteiger partial charge is 0.355 e. The second-order valence-corrected chi connectivity index (χ2v) is 7.55. The number of aromatic nitrogens is 4. The Kier molecular flexibility index (Phi) is 3.58. The molecule has 1 saturated heterocycles. The van der Waals surface area contributed by atoms with Crippen molar-refractivity contribution in [2.75, 3.05) is 18.0 Å². The van der Waals surface area contributed by atoms with Gasteiger partial charge in [0.15, 0.2) is 0 Å². The van der Waals surface area contributed by atoms with Crippen LogP contribution in [0, 0.1) is 5.92 Å². The van der Waals surface area contributed by atoms with Crippen molar-refractivity contribution in [2.24, 2.45) is 5.92 Å². The third-order valence-electron chi connectivity index (χ3n) is 6.02. The highest BCUT2D eigenvalue weighted by Crippen LogP contribution is 2.44. The molecule has 3 atom stereocenters. The molecule has 6 nitrogen and oxygen atoms in total. The van der Waals surface area contributed by atoms with E-state index in [1.807, 2.05) is 12.3 Å². The number of H-pyrrole nitrogens is 1. The summed E-state index contributed by atoms with van der Waals surface area (Å²) in [5.41, 5.74) is 2.22. The standard InChI is InChI=1S/C20H23N5O/c1-2-4-16-13-9-14(17-5-3-6-18(26)25(16)17)11-24(10-13)20-15-7-8-21-19(15)22-12-23-20/h3,5-8,12-14,16H,2,4,9-11H2,1H3,(H,21,22,23)/t13-,14+,16-/m0/s1. The minimum atomic E-state index is 0.152. The third-order valence-corrected chi connectivity index (χ3v) is 6.02. The van der Waals surface area contributed by atoms with E-state index in [-0.39, 0.29) is 11.6 Å². The predicted octanol–water partition coefficient (Wildman–Crippen LogP) is 3.08. The highest BCUT2D eigenvalue weighted by atomic mass is 16.1. The number of nitrogens with one attached hydrogen (secondary N) is 1. The second-order valence-electron chi connectivity index (χ2n) is 7.55. The number of rotatable bonds is 3. The van der Waals surface area contributed by atoms with E-state index >= 15 is 0 Å². The van der Waals surface area contributed by atoms with Gasteiger partial charge in [-0.25, -0.2) is 9.97 Å². The van der Waals surface area contributed by atoms with Crippen LogP contribution in [0.15, 0.2) is 41.6 Å². The van der Waals surface area contributed by atoms with Crippen LogP contribution in [0.25, 0.3) is 11.0 Å². The summed E-state index contributed by atoms with van der Waals surface area (Å²) < 4.78 is 2.09. The Balaban J connectivity index is 1.59. The second kappa shape index (κ2) is 5.97. The predicted molar refractivity (Wildman–Crippen MR) is 102 cm³/mol. The van der Waals surface area contributed by atoms with Crippen molar-refractivity contribution in [1.82, 2.24) is 19.5 Å². The minimum absolute atomic E-state index is 0.152. The van der Waals surface area contributed by atoms with Crippen LogP contribution >= 0.6 is 0 Å². The van der Waals surface area contributed by atoms with Gasteiger partial charge in [0.05, 0.1) is 5.39 Å². The first-order valence-electron chi connectivity index (χ1n) is 9.50. The van der Waals surface area contributed by atoms with Crippen LogP contribution in [0.4, 0.5) is 5.82 Å². The smallest absolute Gasteiger partial charge is 0.250 e. The first-order valence-corrected chi connectivity index (χ1v) is 9.50. The molecule has 1 N–H and O–H groups in total. The monoisotopic (exact) mass is 349 g/mol. The van der Waals surface area contributed by atoms with Crippen molar-refractivity contribution in [1.29, 1.82) is 0 Å². The molecule has 0 aromatic carbocycles. The first kappa shape index (κ1) is 15.6. The Morgan fingerprint density at radius 2 is 2.15 bits per heavy atom. The lowest BCUT2D eigenvalue weighted by atomic mass is 9.77. The Morgan fingerprint density at radius 1 is 1.23 bits per heavy atom. The molecule has 26 heavy (non-hydrogen) atoms. The number of hydrogen-bond donors (Lipinski definition) is 1. The molecule has 3 aromatic rings. The van der Waals surface area contributed by atoms with E-state index < -0.39 is 0 Å². The highest BCUT2D eigenvalue weighted by Gasteiger charge is 2.40. The van der Waals surface area contributed by atoms with Crippen molar-refractivity contribution >= 4 is 16.9 Å². The molecule has 6 heteroatoms. The number of nitrogens with zero attached hydrogens (tertiary/aromatic N) is 4. The molecule has 0 radical (unpaired) electrons. The molecule has 1 fully saturated rings. The van der Waals surface area contributed by atoms with Crippen molar-refractivity contribution < 1.29 is 0 Å². The fraction of sp³-hybridized carbons (Fsp3) is 0.450. The average Bonchev–Trinajstić information content (AvgIpc) is 3.14. The van der Waals surface area contributed by atoms with Gasteiger partial charge in [-0.2, -0.15) is 0 Å². The zero-order valence-corrected chi connectivity index (χ0v) is 14.9.